The maximum atomic E-state index is 12.2. The van der Waals surface area contributed by atoms with E-state index in [0.29, 0.717) is 17.9 Å². The lowest BCUT2D eigenvalue weighted by molar-refractivity contribution is 0.0795. The van der Waals surface area contributed by atoms with Crippen LogP contribution in [0.15, 0.2) is 18.3 Å². The molecule has 92 valence electrons. The third-order valence-electron chi connectivity index (χ3n) is 2.19. The molecule has 0 aliphatic rings. The van der Waals surface area contributed by atoms with Gasteiger partial charge in [0.1, 0.15) is 18.9 Å². The average Bonchev–Trinajstić information content (AvgIpc) is 2.39. The fourth-order valence-corrected chi connectivity index (χ4v) is 1.43. The zero-order valence-electron chi connectivity index (χ0n) is 10.1. The van der Waals surface area contributed by atoms with Crippen molar-refractivity contribution in [3.8, 4) is 12.1 Å². The van der Waals surface area contributed by atoms with E-state index >= 15 is 0 Å². The molecule has 18 heavy (non-hydrogen) atoms. The number of nitrogens with zero attached hydrogens (tertiary/aromatic N) is 4. The molecule has 6 heteroatoms. The van der Waals surface area contributed by atoms with Gasteiger partial charge in [-0.25, -0.2) is 4.98 Å². The highest BCUT2D eigenvalue weighted by atomic mass is 16.2. The molecule has 0 unspecified atom stereocenters. The van der Waals surface area contributed by atoms with Crippen LogP contribution in [0.5, 0.6) is 0 Å². The molecule has 1 aromatic rings. The summed E-state index contributed by atoms with van der Waals surface area (Å²) in [5.41, 5.74) is 0.366. The summed E-state index contributed by atoms with van der Waals surface area (Å²) >= 11 is 0. The molecule has 1 heterocycles. The van der Waals surface area contributed by atoms with E-state index < -0.39 is 0 Å². The summed E-state index contributed by atoms with van der Waals surface area (Å²) in [5, 5.41) is 20.3. The summed E-state index contributed by atoms with van der Waals surface area (Å²) in [5.74, 6) is 0.0908. The van der Waals surface area contributed by atoms with E-state index in [4.69, 9.17) is 10.5 Å². The molecule has 1 amide bonds. The van der Waals surface area contributed by atoms with Crippen molar-refractivity contribution >= 4 is 11.7 Å². The van der Waals surface area contributed by atoms with Crippen molar-refractivity contribution in [1.82, 2.24) is 9.88 Å². The molecular formula is C12H13N5O. The van der Waals surface area contributed by atoms with Crippen LogP contribution in [0.25, 0.3) is 0 Å². The highest BCUT2D eigenvalue weighted by Gasteiger charge is 2.18. The third-order valence-corrected chi connectivity index (χ3v) is 2.19. The fourth-order valence-electron chi connectivity index (χ4n) is 1.43. The van der Waals surface area contributed by atoms with E-state index in [2.05, 4.69) is 10.3 Å². The zero-order valence-corrected chi connectivity index (χ0v) is 10.1. The van der Waals surface area contributed by atoms with Gasteiger partial charge in [0.15, 0.2) is 0 Å². The van der Waals surface area contributed by atoms with Crippen LogP contribution < -0.4 is 5.32 Å². The predicted molar refractivity (Wildman–Crippen MR) is 65.5 cm³/mol. The molecule has 0 aliphatic heterocycles. The maximum Gasteiger partial charge on any atom is 0.259 e. The number of hydrogen-bond acceptors (Lipinski definition) is 5. The predicted octanol–water partition coefficient (Wildman–Crippen LogP) is 1.00. The van der Waals surface area contributed by atoms with Crippen LogP contribution in [0.3, 0.4) is 0 Å². The second-order valence-corrected chi connectivity index (χ2v) is 3.41. The summed E-state index contributed by atoms with van der Waals surface area (Å²) in [4.78, 5) is 17.4. The molecule has 6 nitrogen and oxygen atoms in total. The first-order valence-electron chi connectivity index (χ1n) is 5.46. The maximum absolute atomic E-state index is 12.2. The molecule has 1 N–H and O–H groups in total. The first kappa shape index (κ1) is 13.5. The van der Waals surface area contributed by atoms with E-state index in [1.165, 1.54) is 4.90 Å². The normalized spacial score (nSPS) is 9.06. The molecule has 0 aromatic carbocycles. The largest absolute Gasteiger partial charge is 0.370 e. The summed E-state index contributed by atoms with van der Waals surface area (Å²) in [6.07, 6.45) is 1.58. The number of nitrogens with one attached hydrogen (secondary N) is 1. The number of rotatable bonds is 5. The van der Waals surface area contributed by atoms with E-state index in [1.54, 1.807) is 18.3 Å². The first-order valence-corrected chi connectivity index (χ1v) is 5.46. The van der Waals surface area contributed by atoms with Crippen molar-refractivity contribution in [2.75, 3.05) is 25.0 Å². The average molecular weight is 243 g/mol. The lowest BCUT2D eigenvalue weighted by Gasteiger charge is -2.17. The number of aromatic nitrogens is 1. The number of carbonyl (C=O) groups excluding carboxylic acids is 1. The van der Waals surface area contributed by atoms with Crippen molar-refractivity contribution in [2.45, 2.75) is 6.92 Å². The minimum Gasteiger partial charge on any atom is -0.370 e. The van der Waals surface area contributed by atoms with Gasteiger partial charge in [-0.3, -0.25) is 4.79 Å². The Kier molecular flexibility index (Phi) is 5.14. The Bertz CT molecular complexity index is 484. The van der Waals surface area contributed by atoms with Crippen LogP contribution in [0.4, 0.5) is 5.82 Å². The highest BCUT2D eigenvalue weighted by Crippen LogP contribution is 2.13. The van der Waals surface area contributed by atoms with Crippen molar-refractivity contribution in [3.63, 3.8) is 0 Å². The van der Waals surface area contributed by atoms with Gasteiger partial charge in [-0.1, -0.05) is 0 Å². The number of nitriles is 2. The Labute approximate surface area is 105 Å². The van der Waals surface area contributed by atoms with E-state index in [1.807, 2.05) is 19.1 Å². The lowest BCUT2D eigenvalue weighted by Crippen LogP contribution is -2.32. The minimum absolute atomic E-state index is 0.118. The van der Waals surface area contributed by atoms with Crippen molar-refractivity contribution in [1.29, 1.82) is 10.5 Å². The van der Waals surface area contributed by atoms with Gasteiger partial charge in [-0.2, -0.15) is 10.5 Å². The number of carbonyl (C=O) groups is 1. The van der Waals surface area contributed by atoms with Crippen LogP contribution in [-0.2, 0) is 0 Å². The number of hydrogen-bond donors (Lipinski definition) is 1. The van der Waals surface area contributed by atoms with Crippen LogP contribution >= 0.6 is 0 Å². The van der Waals surface area contributed by atoms with Crippen LogP contribution in [0, 0.1) is 22.7 Å². The van der Waals surface area contributed by atoms with Gasteiger partial charge in [-0.05, 0) is 19.1 Å². The summed E-state index contributed by atoms with van der Waals surface area (Å²) in [7, 11) is 0. The van der Waals surface area contributed by atoms with Gasteiger partial charge >= 0.3 is 0 Å². The lowest BCUT2D eigenvalue weighted by atomic mass is 10.2. The van der Waals surface area contributed by atoms with Gasteiger partial charge < -0.3 is 10.2 Å². The number of amides is 1. The molecule has 0 atom stereocenters. The molecule has 0 spiro atoms. The molecule has 0 aliphatic carbocycles. The van der Waals surface area contributed by atoms with Crippen molar-refractivity contribution in [3.05, 3.63) is 23.9 Å². The molecule has 0 fully saturated rings. The quantitative estimate of drug-likeness (QED) is 0.779. The van der Waals surface area contributed by atoms with Crippen LogP contribution in [0.1, 0.15) is 17.3 Å². The zero-order chi connectivity index (χ0) is 13.4. The molecule has 0 saturated carbocycles. The smallest absolute Gasteiger partial charge is 0.259 e. The summed E-state index contributed by atoms with van der Waals surface area (Å²) in [6.45, 7) is 2.29. The Morgan fingerprint density at radius 2 is 2.11 bits per heavy atom. The molecule has 0 radical (unpaired) electrons. The molecule has 0 bridgehead atoms. The van der Waals surface area contributed by atoms with Crippen molar-refractivity contribution in [2.24, 2.45) is 0 Å². The molecular weight excluding hydrogens is 230 g/mol. The molecule has 0 saturated heterocycles. The molecule has 1 rings (SSSR count). The Morgan fingerprint density at radius 1 is 1.44 bits per heavy atom. The Hall–Kier alpha value is -2.60. The molecule has 1 aromatic heterocycles. The fraction of sp³-hybridized carbons (Fsp3) is 0.333. The Morgan fingerprint density at radius 3 is 2.67 bits per heavy atom. The van der Waals surface area contributed by atoms with E-state index in [-0.39, 0.29) is 19.0 Å². The third kappa shape index (κ3) is 3.19. The Balaban J connectivity index is 3.01. The van der Waals surface area contributed by atoms with E-state index in [9.17, 15) is 4.79 Å². The number of pyridine rings is 1. The summed E-state index contributed by atoms with van der Waals surface area (Å²) in [6, 6.07) is 7.00. The minimum atomic E-state index is -0.373. The SMILES string of the molecule is CCNc1ncccc1C(=O)N(CC#N)CC#N. The second kappa shape index (κ2) is 6.87. The highest BCUT2D eigenvalue weighted by molar-refractivity contribution is 5.98. The number of anilines is 1. The second-order valence-electron chi connectivity index (χ2n) is 3.41. The monoisotopic (exact) mass is 243 g/mol. The first-order chi connectivity index (χ1) is 8.74. The standard InChI is InChI=1S/C12H13N5O/c1-2-15-11-10(4-3-7-16-11)12(18)17(8-5-13)9-6-14/h3-4,7H,2,8-9H2,1H3,(H,15,16). The van der Waals surface area contributed by atoms with Gasteiger partial charge in [0.25, 0.3) is 5.91 Å². The van der Waals surface area contributed by atoms with Crippen LogP contribution in [0.2, 0.25) is 0 Å². The van der Waals surface area contributed by atoms with Gasteiger partial charge in [0, 0.05) is 12.7 Å². The van der Waals surface area contributed by atoms with Crippen LogP contribution in [-0.4, -0.2) is 35.4 Å². The topological polar surface area (TPSA) is 92.8 Å². The van der Waals surface area contributed by atoms with Gasteiger partial charge in [-0.15, -0.1) is 0 Å². The van der Waals surface area contributed by atoms with Gasteiger partial charge in [0.2, 0.25) is 0 Å². The van der Waals surface area contributed by atoms with Crippen molar-refractivity contribution < 1.29 is 4.79 Å². The summed E-state index contributed by atoms with van der Waals surface area (Å²) < 4.78 is 0. The van der Waals surface area contributed by atoms with E-state index in [0.717, 1.165) is 0 Å². The van der Waals surface area contributed by atoms with Gasteiger partial charge in [0.05, 0.1) is 17.7 Å².